The minimum Gasteiger partial charge on any atom is -0.335 e. The number of thiazole rings is 1. The predicted molar refractivity (Wildman–Crippen MR) is 126 cm³/mol. The molecule has 5 rings (SSSR count). The van der Waals surface area contributed by atoms with E-state index in [-0.39, 0.29) is 11.8 Å². The molecule has 7 heteroatoms. The maximum atomic E-state index is 13.0. The van der Waals surface area contributed by atoms with Gasteiger partial charge in [-0.2, -0.15) is 0 Å². The average molecular weight is 447 g/mol. The molecule has 0 bridgehead atoms. The third-order valence-corrected chi connectivity index (χ3v) is 7.20. The third-order valence-electron chi connectivity index (χ3n) is 6.44. The van der Waals surface area contributed by atoms with Crippen molar-refractivity contribution in [1.82, 2.24) is 19.7 Å². The molecule has 0 unspecified atom stereocenters. The number of hydrogen-bond acceptors (Lipinski definition) is 5. The molecular weight excluding hydrogens is 420 g/mol. The van der Waals surface area contributed by atoms with Crippen LogP contribution in [0.1, 0.15) is 25.7 Å². The zero-order chi connectivity index (χ0) is 22.1. The van der Waals surface area contributed by atoms with Gasteiger partial charge in [0.1, 0.15) is 0 Å². The van der Waals surface area contributed by atoms with Gasteiger partial charge in [-0.3, -0.25) is 14.5 Å². The van der Waals surface area contributed by atoms with Crippen LogP contribution in [-0.4, -0.2) is 76.8 Å². The highest BCUT2D eigenvalue weighted by Gasteiger charge is 2.37. The van der Waals surface area contributed by atoms with Crippen molar-refractivity contribution in [1.29, 1.82) is 0 Å². The van der Waals surface area contributed by atoms with E-state index in [0.717, 1.165) is 42.9 Å². The van der Waals surface area contributed by atoms with Crippen molar-refractivity contribution in [3.63, 3.8) is 0 Å². The van der Waals surface area contributed by atoms with Crippen LogP contribution in [0.3, 0.4) is 0 Å². The van der Waals surface area contributed by atoms with E-state index in [2.05, 4.69) is 28.9 Å². The van der Waals surface area contributed by atoms with Gasteiger partial charge < -0.3 is 9.80 Å². The van der Waals surface area contributed by atoms with Gasteiger partial charge in [0.25, 0.3) is 11.8 Å². The fraction of sp³-hybridized carbons (Fsp3) is 0.320. The molecule has 164 valence electrons. The number of aryl methyl sites for hydroxylation is 1. The molecule has 32 heavy (non-hydrogen) atoms. The van der Waals surface area contributed by atoms with E-state index in [9.17, 15) is 9.59 Å². The lowest BCUT2D eigenvalue weighted by Crippen LogP contribution is -2.64. The van der Waals surface area contributed by atoms with Gasteiger partial charge in [0.05, 0.1) is 0 Å². The second kappa shape index (κ2) is 8.84. The summed E-state index contributed by atoms with van der Waals surface area (Å²) in [6, 6.07) is 16.6. The number of benzene rings is 2. The van der Waals surface area contributed by atoms with E-state index in [0.29, 0.717) is 24.1 Å². The third kappa shape index (κ3) is 4.06. The van der Waals surface area contributed by atoms with E-state index >= 15 is 0 Å². The summed E-state index contributed by atoms with van der Waals surface area (Å²) in [6.45, 7) is 6.66. The first-order valence-electron chi connectivity index (χ1n) is 11.0. The molecule has 0 N–H and O–H groups in total. The van der Waals surface area contributed by atoms with Crippen LogP contribution >= 0.6 is 11.3 Å². The number of carbonyl (C=O) groups excluding carboxylic acids is 2. The van der Waals surface area contributed by atoms with Crippen molar-refractivity contribution in [3.8, 4) is 11.1 Å². The van der Waals surface area contributed by atoms with Crippen LogP contribution in [0.4, 0.5) is 0 Å². The average Bonchev–Trinajstić information content (AvgIpc) is 3.33. The van der Waals surface area contributed by atoms with E-state index in [4.69, 9.17) is 0 Å². The molecule has 0 saturated carbocycles. The zero-order valence-electron chi connectivity index (χ0n) is 18.1. The van der Waals surface area contributed by atoms with Crippen molar-refractivity contribution >= 4 is 23.2 Å². The molecule has 2 fully saturated rings. The molecule has 0 aliphatic carbocycles. The van der Waals surface area contributed by atoms with Crippen molar-refractivity contribution in [2.45, 2.75) is 13.0 Å². The molecule has 2 aromatic carbocycles. The number of carbonyl (C=O) groups is 2. The molecule has 2 saturated heterocycles. The van der Waals surface area contributed by atoms with Gasteiger partial charge in [0.15, 0.2) is 5.01 Å². The Hall–Kier alpha value is -3.03. The Morgan fingerprint density at radius 3 is 2.34 bits per heavy atom. The summed E-state index contributed by atoms with van der Waals surface area (Å²) < 4.78 is 0. The van der Waals surface area contributed by atoms with Gasteiger partial charge in [-0.1, -0.05) is 36.4 Å². The number of aromatic nitrogens is 1. The molecule has 2 aliphatic heterocycles. The summed E-state index contributed by atoms with van der Waals surface area (Å²) in [5.41, 5.74) is 4.19. The standard InChI is InChI=1S/C25H26N4O2S/c1-18-15-20(7-8-22(18)19-5-3-2-4-6-19)24(30)29-16-21(17-29)27-10-12-28(13-11-27)25(31)23-26-9-14-32-23/h2-9,14-15,21H,10-13,16-17H2,1H3. The molecule has 0 spiro atoms. The van der Waals surface area contributed by atoms with Gasteiger partial charge >= 0.3 is 0 Å². The highest BCUT2D eigenvalue weighted by molar-refractivity contribution is 7.11. The minimum atomic E-state index is 0.0272. The summed E-state index contributed by atoms with van der Waals surface area (Å²) in [5.74, 6) is 0.126. The van der Waals surface area contributed by atoms with Gasteiger partial charge in [-0.15, -0.1) is 11.3 Å². The fourth-order valence-electron chi connectivity index (χ4n) is 4.53. The molecule has 0 atom stereocenters. The van der Waals surface area contributed by atoms with E-state index in [1.165, 1.54) is 16.9 Å². The Balaban J connectivity index is 1.14. The maximum Gasteiger partial charge on any atom is 0.282 e. The van der Waals surface area contributed by atoms with Gasteiger partial charge in [0.2, 0.25) is 0 Å². The highest BCUT2D eigenvalue weighted by atomic mass is 32.1. The molecule has 3 aromatic rings. The van der Waals surface area contributed by atoms with Crippen LogP contribution in [0.15, 0.2) is 60.1 Å². The van der Waals surface area contributed by atoms with Crippen LogP contribution in [0.5, 0.6) is 0 Å². The van der Waals surface area contributed by atoms with Crippen LogP contribution in [0.2, 0.25) is 0 Å². The monoisotopic (exact) mass is 446 g/mol. The molecule has 2 aliphatic rings. The van der Waals surface area contributed by atoms with E-state index in [1.54, 1.807) is 6.20 Å². The first kappa shape index (κ1) is 20.8. The first-order valence-corrected chi connectivity index (χ1v) is 11.9. The fourth-order valence-corrected chi connectivity index (χ4v) is 5.13. The van der Waals surface area contributed by atoms with Crippen molar-refractivity contribution in [2.24, 2.45) is 0 Å². The highest BCUT2D eigenvalue weighted by Crippen LogP contribution is 2.26. The largest absolute Gasteiger partial charge is 0.335 e. The summed E-state index contributed by atoms with van der Waals surface area (Å²) in [5, 5.41) is 2.40. The number of amides is 2. The smallest absolute Gasteiger partial charge is 0.282 e. The van der Waals surface area contributed by atoms with Crippen LogP contribution in [0.25, 0.3) is 11.1 Å². The summed E-state index contributed by atoms with van der Waals surface area (Å²) in [4.78, 5) is 35.8. The topological polar surface area (TPSA) is 56.8 Å². The van der Waals surface area contributed by atoms with Crippen LogP contribution in [-0.2, 0) is 0 Å². The number of likely N-dealkylation sites (tertiary alicyclic amines) is 1. The van der Waals surface area contributed by atoms with Gasteiger partial charge in [0, 0.05) is 62.5 Å². The number of piperazine rings is 1. The number of nitrogens with zero attached hydrogens (tertiary/aromatic N) is 4. The molecular formula is C25H26N4O2S. The predicted octanol–water partition coefficient (Wildman–Crippen LogP) is 3.40. The SMILES string of the molecule is Cc1cc(C(=O)N2CC(N3CCN(C(=O)c4nccs4)CC3)C2)ccc1-c1ccccc1. The Kier molecular flexibility index (Phi) is 5.76. The zero-order valence-corrected chi connectivity index (χ0v) is 18.9. The molecule has 6 nitrogen and oxygen atoms in total. The van der Waals surface area contributed by atoms with E-state index in [1.807, 2.05) is 51.6 Å². The lowest BCUT2D eigenvalue weighted by atomic mass is 9.97. The first-order chi connectivity index (χ1) is 15.6. The van der Waals surface area contributed by atoms with Crippen LogP contribution in [0, 0.1) is 6.92 Å². The van der Waals surface area contributed by atoms with Crippen molar-refractivity contribution in [2.75, 3.05) is 39.3 Å². The minimum absolute atomic E-state index is 0.0272. The molecule has 2 amide bonds. The second-order valence-electron chi connectivity index (χ2n) is 8.43. The lowest BCUT2D eigenvalue weighted by molar-refractivity contribution is 0.00853. The van der Waals surface area contributed by atoms with Crippen molar-refractivity contribution in [3.05, 3.63) is 76.2 Å². The number of rotatable bonds is 4. The normalized spacial score (nSPS) is 17.3. The quantitative estimate of drug-likeness (QED) is 0.616. The molecule has 0 radical (unpaired) electrons. The Labute approximate surface area is 192 Å². The summed E-state index contributed by atoms with van der Waals surface area (Å²) in [7, 11) is 0. The molecule has 1 aromatic heterocycles. The van der Waals surface area contributed by atoms with Crippen LogP contribution < -0.4 is 0 Å². The number of hydrogen-bond donors (Lipinski definition) is 0. The summed E-state index contributed by atoms with van der Waals surface area (Å²) >= 11 is 1.39. The van der Waals surface area contributed by atoms with Crippen molar-refractivity contribution < 1.29 is 9.59 Å². The van der Waals surface area contributed by atoms with Gasteiger partial charge in [-0.25, -0.2) is 4.98 Å². The Morgan fingerprint density at radius 2 is 1.69 bits per heavy atom. The second-order valence-corrected chi connectivity index (χ2v) is 9.32. The van der Waals surface area contributed by atoms with E-state index < -0.39 is 0 Å². The lowest BCUT2D eigenvalue weighted by Gasteiger charge is -2.48. The van der Waals surface area contributed by atoms with Gasteiger partial charge in [-0.05, 0) is 35.7 Å². The maximum absolute atomic E-state index is 13.0. The Bertz CT molecular complexity index is 1100. The molecule has 3 heterocycles. The summed E-state index contributed by atoms with van der Waals surface area (Å²) in [6.07, 6.45) is 1.67. The Morgan fingerprint density at radius 1 is 0.938 bits per heavy atom.